The smallest absolute Gasteiger partial charge is 0.220 e. The lowest BCUT2D eigenvalue weighted by molar-refractivity contribution is 0.0229. The Morgan fingerprint density at radius 1 is 1.14 bits per heavy atom. The molecule has 1 aromatic carbocycles. The second-order valence-electron chi connectivity index (χ2n) is 6.74. The average Bonchev–Trinajstić information content (AvgIpc) is 3.10. The van der Waals surface area contributed by atoms with Crippen LogP contribution in [0.2, 0.25) is 0 Å². The first-order valence-corrected chi connectivity index (χ1v) is 9.55. The van der Waals surface area contributed by atoms with Crippen molar-refractivity contribution in [3.63, 3.8) is 0 Å². The van der Waals surface area contributed by atoms with Crippen LogP contribution in [-0.2, 0) is 9.47 Å². The molecule has 2 heterocycles. The number of hydrogen-bond donors (Lipinski definition) is 1. The summed E-state index contributed by atoms with van der Waals surface area (Å²) < 4.78 is 11.8. The van der Waals surface area contributed by atoms with E-state index in [9.17, 15) is 0 Å². The number of para-hydroxylation sites is 1. The molecule has 0 radical (unpaired) electrons. The summed E-state index contributed by atoms with van der Waals surface area (Å²) in [5.41, 5.74) is 11.7. The highest BCUT2D eigenvalue weighted by Gasteiger charge is 2.29. The van der Waals surface area contributed by atoms with Gasteiger partial charge in [-0.25, -0.2) is 9.98 Å². The summed E-state index contributed by atoms with van der Waals surface area (Å²) in [4.78, 5) is 13.4. The molecule has 6 heteroatoms. The van der Waals surface area contributed by atoms with Crippen molar-refractivity contribution in [2.45, 2.75) is 26.4 Å². The zero-order valence-electron chi connectivity index (χ0n) is 16.2. The van der Waals surface area contributed by atoms with Crippen LogP contribution < -0.4 is 5.73 Å². The number of nitrogens with two attached hydrogens (primary N) is 1. The summed E-state index contributed by atoms with van der Waals surface area (Å²) in [6, 6.07) is 10.2. The first-order chi connectivity index (χ1) is 13.7. The molecule has 0 fully saturated rings. The number of ether oxygens (including phenoxy) is 2. The first kappa shape index (κ1) is 18.5. The summed E-state index contributed by atoms with van der Waals surface area (Å²) in [5, 5.41) is 1.09. The molecule has 1 unspecified atom stereocenters. The molecular weight excluding hydrogens is 352 g/mol. The minimum absolute atomic E-state index is 0.259. The Labute approximate surface area is 164 Å². The lowest BCUT2D eigenvalue weighted by Gasteiger charge is -2.26. The number of guanidine groups is 1. The van der Waals surface area contributed by atoms with E-state index in [2.05, 4.69) is 46.2 Å². The Morgan fingerprint density at radius 3 is 2.86 bits per heavy atom. The van der Waals surface area contributed by atoms with E-state index in [-0.39, 0.29) is 6.10 Å². The number of hydrogen-bond acceptors (Lipinski definition) is 6. The number of allylic oxidation sites excluding steroid dienone is 2. The van der Waals surface area contributed by atoms with Crippen molar-refractivity contribution in [3.05, 3.63) is 65.0 Å². The summed E-state index contributed by atoms with van der Waals surface area (Å²) in [6.45, 7) is 5.74. The molecule has 2 N–H and O–H groups in total. The molecule has 2 aromatic rings. The Bertz CT molecular complexity index is 1010. The van der Waals surface area contributed by atoms with Crippen molar-refractivity contribution in [2.24, 2.45) is 15.7 Å². The normalized spacial score (nSPS) is 17.3. The van der Waals surface area contributed by atoms with Gasteiger partial charge in [0.2, 0.25) is 5.96 Å². The lowest BCUT2D eigenvalue weighted by Crippen LogP contribution is -2.17. The minimum Gasteiger partial charge on any atom is -0.379 e. The van der Waals surface area contributed by atoms with Gasteiger partial charge in [-0.15, -0.1) is 0 Å². The number of nitrogens with zero attached hydrogens (tertiary/aromatic N) is 3. The van der Waals surface area contributed by atoms with Gasteiger partial charge in [0.15, 0.2) is 0 Å². The molecule has 6 nitrogen and oxygen atoms in total. The zero-order valence-corrected chi connectivity index (χ0v) is 16.2. The first-order valence-electron chi connectivity index (χ1n) is 9.55. The molecule has 0 saturated heterocycles. The fourth-order valence-electron chi connectivity index (χ4n) is 3.69. The summed E-state index contributed by atoms with van der Waals surface area (Å²) >= 11 is 0. The van der Waals surface area contributed by atoms with Crippen LogP contribution in [-0.4, -0.2) is 36.5 Å². The highest BCUT2D eigenvalue weighted by atomic mass is 16.5. The highest BCUT2D eigenvalue weighted by molar-refractivity contribution is 6.14. The van der Waals surface area contributed by atoms with Crippen LogP contribution in [0.3, 0.4) is 0 Å². The van der Waals surface area contributed by atoms with E-state index in [1.165, 1.54) is 0 Å². The predicted octanol–water partition coefficient (Wildman–Crippen LogP) is 3.70. The van der Waals surface area contributed by atoms with Crippen molar-refractivity contribution in [2.75, 3.05) is 19.8 Å². The van der Waals surface area contributed by atoms with Crippen LogP contribution >= 0.6 is 0 Å². The van der Waals surface area contributed by atoms with Gasteiger partial charge in [-0.05, 0) is 31.1 Å². The Kier molecular flexibility index (Phi) is 5.32. The van der Waals surface area contributed by atoms with E-state index in [0.717, 1.165) is 39.0 Å². The Morgan fingerprint density at radius 2 is 2.00 bits per heavy atom. The van der Waals surface area contributed by atoms with Crippen molar-refractivity contribution in [1.29, 1.82) is 0 Å². The third kappa shape index (κ3) is 3.48. The maximum absolute atomic E-state index is 6.34. The zero-order chi connectivity index (χ0) is 19.5. The fraction of sp³-hybridized carbons (Fsp3) is 0.318. The lowest BCUT2D eigenvalue weighted by atomic mass is 9.87. The van der Waals surface area contributed by atoms with Gasteiger partial charge in [0.1, 0.15) is 6.10 Å². The van der Waals surface area contributed by atoms with Crippen molar-refractivity contribution >= 4 is 22.6 Å². The monoisotopic (exact) mass is 376 g/mol. The number of benzene rings is 1. The van der Waals surface area contributed by atoms with Crippen LogP contribution in [0.1, 0.15) is 31.9 Å². The molecule has 0 amide bonds. The van der Waals surface area contributed by atoms with Gasteiger partial charge >= 0.3 is 0 Å². The van der Waals surface area contributed by atoms with Gasteiger partial charge in [0.25, 0.3) is 0 Å². The van der Waals surface area contributed by atoms with E-state index in [1.807, 2.05) is 25.3 Å². The molecule has 2 aliphatic rings. The standard InChI is InChI=1S/C22H24N4O2/c1-3-27-12-13-28-21(17-8-4-6-15-7-5-11-24-20(15)17)16-9-10-18-19(14(16)2)26-22(23)25-18/h4-9,11,21H,3,10,12-13H2,1-2H3,(H2,23,26). The summed E-state index contributed by atoms with van der Waals surface area (Å²) in [6.07, 6.45) is 4.41. The molecular formula is C22H24N4O2. The second kappa shape index (κ2) is 8.04. The van der Waals surface area contributed by atoms with Crippen LogP contribution in [0.4, 0.5) is 0 Å². The van der Waals surface area contributed by atoms with Gasteiger partial charge in [0, 0.05) is 30.2 Å². The van der Waals surface area contributed by atoms with Crippen LogP contribution in [0.15, 0.2) is 69.4 Å². The van der Waals surface area contributed by atoms with E-state index >= 15 is 0 Å². The molecule has 1 aromatic heterocycles. The molecule has 1 aliphatic carbocycles. The maximum Gasteiger partial charge on any atom is 0.220 e. The molecule has 4 rings (SSSR count). The van der Waals surface area contributed by atoms with Crippen molar-refractivity contribution < 1.29 is 9.47 Å². The molecule has 1 aliphatic heterocycles. The van der Waals surface area contributed by atoms with Crippen LogP contribution in [0.25, 0.3) is 10.9 Å². The van der Waals surface area contributed by atoms with Gasteiger partial charge in [-0.3, -0.25) is 4.98 Å². The van der Waals surface area contributed by atoms with Crippen LogP contribution in [0, 0.1) is 0 Å². The molecule has 28 heavy (non-hydrogen) atoms. The number of aromatic nitrogens is 1. The average molecular weight is 376 g/mol. The SMILES string of the molecule is CCOCCOC(C1=CCC2=NC(N)=NC2=C1C)c1cccc2cccnc12. The third-order valence-electron chi connectivity index (χ3n) is 5.00. The topological polar surface area (TPSA) is 82.1 Å². The van der Waals surface area contributed by atoms with Crippen molar-refractivity contribution in [1.82, 2.24) is 4.98 Å². The largest absolute Gasteiger partial charge is 0.379 e. The van der Waals surface area contributed by atoms with Crippen LogP contribution in [0.5, 0.6) is 0 Å². The molecule has 0 bridgehead atoms. The number of rotatable bonds is 7. The fourth-order valence-corrected chi connectivity index (χ4v) is 3.69. The molecule has 0 saturated carbocycles. The minimum atomic E-state index is -0.259. The quantitative estimate of drug-likeness (QED) is 0.747. The number of fused-ring (bicyclic) bond motifs is 2. The van der Waals surface area contributed by atoms with E-state index in [0.29, 0.717) is 32.2 Å². The highest BCUT2D eigenvalue weighted by Crippen LogP contribution is 2.39. The van der Waals surface area contributed by atoms with E-state index < -0.39 is 0 Å². The van der Waals surface area contributed by atoms with Gasteiger partial charge < -0.3 is 15.2 Å². The van der Waals surface area contributed by atoms with Gasteiger partial charge in [-0.2, -0.15) is 0 Å². The number of pyridine rings is 1. The Balaban J connectivity index is 1.75. The molecule has 1 atom stereocenters. The third-order valence-corrected chi connectivity index (χ3v) is 5.00. The second-order valence-corrected chi connectivity index (χ2v) is 6.74. The van der Waals surface area contributed by atoms with E-state index in [4.69, 9.17) is 15.2 Å². The van der Waals surface area contributed by atoms with Crippen molar-refractivity contribution in [3.8, 4) is 0 Å². The summed E-state index contributed by atoms with van der Waals surface area (Å²) in [5.74, 6) is 0.319. The summed E-state index contributed by atoms with van der Waals surface area (Å²) in [7, 11) is 0. The molecule has 0 spiro atoms. The maximum atomic E-state index is 6.34. The predicted molar refractivity (Wildman–Crippen MR) is 111 cm³/mol. The number of aliphatic imine (C=N–C) groups is 2. The molecule has 144 valence electrons. The van der Waals surface area contributed by atoms with Gasteiger partial charge in [-0.1, -0.05) is 30.3 Å². The van der Waals surface area contributed by atoms with E-state index in [1.54, 1.807) is 0 Å². The van der Waals surface area contributed by atoms with Gasteiger partial charge in [0.05, 0.1) is 30.1 Å². The Hall–Kier alpha value is -2.83.